The zero-order valence-corrected chi connectivity index (χ0v) is 10.6. The lowest BCUT2D eigenvalue weighted by Gasteiger charge is -2.35. The highest BCUT2D eigenvalue weighted by molar-refractivity contribution is 7.99. The Kier molecular flexibility index (Phi) is 5.90. The van der Waals surface area contributed by atoms with Gasteiger partial charge in [0.15, 0.2) is 0 Å². The number of rotatable bonds is 5. The molecule has 0 bridgehead atoms. The molecule has 0 aromatic heterocycles. The van der Waals surface area contributed by atoms with Crippen molar-refractivity contribution in [2.75, 3.05) is 37.7 Å². The Balaban J connectivity index is 2.19. The highest BCUT2D eigenvalue weighted by atomic mass is 32.2. The summed E-state index contributed by atoms with van der Waals surface area (Å²) in [6.07, 6.45) is 0. The third-order valence-electron chi connectivity index (χ3n) is 2.85. The van der Waals surface area contributed by atoms with Gasteiger partial charge in [0.2, 0.25) is 0 Å². The van der Waals surface area contributed by atoms with Crippen LogP contribution in [0.5, 0.6) is 0 Å². The summed E-state index contributed by atoms with van der Waals surface area (Å²) in [7, 11) is 0. The first-order valence-electron chi connectivity index (χ1n) is 5.77. The van der Waals surface area contributed by atoms with Gasteiger partial charge < -0.3 is 5.32 Å². The Labute approximate surface area is 92.8 Å². The van der Waals surface area contributed by atoms with Crippen molar-refractivity contribution in [1.29, 1.82) is 0 Å². The summed E-state index contributed by atoms with van der Waals surface area (Å²) in [5, 5.41) is 3.59. The lowest BCUT2D eigenvalue weighted by molar-refractivity contribution is 0.184. The SMILES string of the molecule is CCSCCN1CCNC(C(C)C)C1. The number of nitrogens with one attached hydrogen (secondary N) is 1. The van der Waals surface area contributed by atoms with Gasteiger partial charge in [0.1, 0.15) is 0 Å². The van der Waals surface area contributed by atoms with Crippen LogP contribution in [0.4, 0.5) is 0 Å². The minimum absolute atomic E-state index is 0.704. The molecule has 0 aromatic rings. The second-order valence-corrected chi connectivity index (χ2v) is 5.70. The number of thioether (sulfide) groups is 1. The van der Waals surface area contributed by atoms with Gasteiger partial charge in [0, 0.05) is 38.0 Å². The van der Waals surface area contributed by atoms with Gasteiger partial charge in [-0.15, -0.1) is 0 Å². The molecular formula is C11H24N2S. The average molecular weight is 216 g/mol. The van der Waals surface area contributed by atoms with Crippen LogP contribution >= 0.6 is 11.8 Å². The molecule has 1 saturated heterocycles. The quantitative estimate of drug-likeness (QED) is 0.704. The van der Waals surface area contributed by atoms with Crippen molar-refractivity contribution in [1.82, 2.24) is 10.2 Å². The number of nitrogens with zero attached hydrogens (tertiary/aromatic N) is 1. The van der Waals surface area contributed by atoms with Crippen molar-refractivity contribution >= 4 is 11.8 Å². The zero-order valence-electron chi connectivity index (χ0n) is 9.75. The van der Waals surface area contributed by atoms with Crippen LogP contribution in [0.15, 0.2) is 0 Å². The van der Waals surface area contributed by atoms with Crippen molar-refractivity contribution in [2.45, 2.75) is 26.8 Å². The van der Waals surface area contributed by atoms with Crippen molar-refractivity contribution < 1.29 is 0 Å². The maximum atomic E-state index is 3.59. The Morgan fingerprint density at radius 3 is 2.93 bits per heavy atom. The number of hydrogen-bond acceptors (Lipinski definition) is 3. The van der Waals surface area contributed by atoms with Crippen molar-refractivity contribution in [3.8, 4) is 0 Å². The monoisotopic (exact) mass is 216 g/mol. The largest absolute Gasteiger partial charge is 0.311 e. The average Bonchev–Trinajstić information content (AvgIpc) is 2.19. The van der Waals surface area contributed by atoms with E-state index in [0.29, 0.717) is 6.04 Å². The Morgan fingerprint density at radius 2 is 2.29 bits per heavy atom. The standard InChI is InChI=1S/C11H24N2S/c1-4-14-8-7-13-6-5-12-11(9-13)10(2)3/h10-12H,4-9H2,1-3H3. The molecule has 1 unspecified atom stereocenters. The van der Waals surface area contributed by atoms with E-state index in [4.69, 9.17) is 0 Å². The van der Waals surface area contributed by atoms with Gasteiger partial charge in [-0.3, -0.25) is 4.90 Å². The molecule has 84 valence electrons. The lowest BCUT2D eigenvalue weighted by Crippen LogP contribution is -2.53. The normalized spacial score (nSPS) is 24.4. The molecule has 14 heavy (non-hydrogen) atoms. The molecule has 0 amide bonds. The molecule has 1 atom stereocenters. The van der Waals surface area contributed by atoms with Crippen molar-refractivity contribution in [2.24, 2.45) is 5.92 Å². The summed E-state index contributed by atoms with van der Waals surface area (Å²) in [6.45, 7) is 11.8. The minimum Gasteiger partial charge on any atom is -0.311 e. The molecular weight excluding hydrogens is 192 g/mol. The van der Waals surface area contributed by atoms with Crippen LogP contribution < -0.4 is 5.32 Å². The molecule has 1 aliphatic rings. The molecule has 0 aliphatic carbocycles. The van der Waals surface area contributed by atoms with E-state index in [1.807, 2.05) is 11.8 Å². The molecule has 1 rings (SSSR count). The van der Waals surface area contributed by atoms with E-state index in [1.54, 1.807) is 0 Å². The summed E-state index contributed by atoms with van der Waals surface area (Å²) >= 11 is 2.05. The highest BCUT2D eigenvalue weighted by Crippen LogP contribution is 2.09. The van der Waals surface area contributed by atoms with E-state index in [2.05, 4.69) is 31.0 Å². The molecule has 1 N–H and O–H groups in total. The summed E-state index contributed by atoms with van der Waals surface area (Å²) < 4.78 is 0. The van der Waals surface area contributed by atoms with Gasteiger partial charge in [-0.2, -0.15) is 11.8 Å². The first-order valence-corrected chi connectivity index (χ1v) is 6.93. The summed E-state index contributed by atoms with van der Waals surface area (Å²) in [6, 6.07) is 0.704. The minimum atomic E-state index is 0.704. The first kappa shape index (κ1) is 12.3. The fraction of sp³-hybridized carbons (Fsp3) is 1.00. The first-order chi connectivity index (χ1) is 6.74. The molecule has 1 fully saturated rings. The Hall–Kier alpha value is 0.270. The van der Waals surface area contributed by atoms with E-state index in [1.165, 1.54) is 37.7 Å². The lowest BCUT2D eigenvalue weighted by atomic mass is 10.0. The molecule has 1 heterocycles. The van der Waals surface area contributed by atoms with Crippen LogP contribution in [0.3, 0.4) is 0 Å². The summed E-state index contributed by atoms with van der Waals surface area (Å²) in [5.74, 6) is 3.30. The summed E-state index contributed by atoms with van der Waals surface area (Å²) in [4.78, 5) is 2.60. The van der Waals surface area contributed by atoms with Gasteiger partial charge >= 0.3 is 0 Å². The van der Waals surface area contributed by atoms with E-state index < -0.39 is 0 Å². The van der Waals surface area contributed by atoms with Crippen LogP contribution in [0.25, 0.3) is 0 Å². The predicted molar refractivity (Wildman–Crippen MR) is 66.1 cm³/mol. The predicted octanol–water partition coefficient (Wildman–Crippen LogP) is 1.67. The van der Waals surface area contributed by atoms with Gasteiger partial charge in [0.25, 0.3) is 0 Å². The van der Waals surface area contributed by atoms with Crippen LogP contribution in [0, 0.1) is 5.92 Å². The van der Waals surface area contributed by atoms with Gasteiger partial charge in [-0.25, -0.2) is 0 Å². The molecule has 0 spiro atoms. The van der Waals surface area contributed by atoms with Gasteiger partial charge in [-0.1, -0.05) is 20.8 Å². The van der Waals surface area contributed by atoms with Crippen molar-refractivity contribution in [3.05, 3.63) is 0 Å². The fourth-order valence-corrected chi connectivity index (χ4v) is 2.51. The van der Waals surface area contributed by atoms with E-state index >= 15 is 0 Å². The molecule has 0 radical (unpaired) electrons. The molecule has 0 aromatic carbocycles. The maximum Gasteiger partial charge on any atom is 0.0218 e. The molecule has 2 nitrogen and oxygen atoms in total. The topological polar surface area (TPSA) is 15.3 Å². The maximum absolute atomic E-state index is 3.59. The molecule has 1 aliphatic heterocycles. The third kappa shape index (κ3) is 4.20. The fourth-order valence-electron chi connectivity index (χ4n) is 1.83. The van der Waals surface area contributed by atoms with Crippen LogP contribution in [0.2, 0.25) is 0 Å². The third-order valence-corrected chi connectivity index (χ3v) is 3.73. The Morgan fingerprint density at radius 1 is 1.50 bits per heavy atom. The smallest absolute Gasteiger partial charge is 0.0218 e. The second-order valence-electron chi connectivity index (χ2n) is 4.30. The summed E-state index contributed by atoms with van der Waals surface area (Å²) in [5.41, 5.74) is 0. The van der Waals surface area contributed by atoms with Crippen LogP contribution in [-0.2, 0) is 0 Å². The number of hydrogen-bond donors (Lipinski definition) is 1. The molecule has 0 saturated carbocycles. The number of piperazine rings is 1. The van der Waals surface area contributed by atoms with Crippen LogP contribution in [0.1, 0.15) is 20.8 Å². The Bertz CT molecular complexity index is 150. The zero-order chi connectivity index (χ0) is 10.4. The van der Waals surface area contributed by atoms with Gasteiger partial charge in [-0.05, 0) is 11.7 Å². The van der Waals surface area contributed by atoms with Crippen molar-refractivity contribution in [3.63, 3.8) is 0 Å². The second kappa shape index (κ2) is 6.70. The van der Waals surface area contributed by atoms with E-state index in [-0.39, 0.29) is 0 Å². The van der Waals surface area contributed by atoms with Gasteiger partial charge in [0.05, 0.1) is 0 Å². The van der Waals surface area contributed by atoms with Crippen LogP contribution in [-0.4, -0.2) is 48.6 Å². The molecule has 3 heteroatoms. The van der Waals surface area contributed by atoms with E-state index in [0.717, 1.165) is 5.92 Å². The highest BCUT2D eigenvalue weighted by Gasteiger charge is 2.20. The van der Waals surface area contributed by atoms with E-state index in [9.17, 15) is 0 Å².